The average molecular weight is 378 g/mol. The van der Waals surface area contributed by atoms with Gasteiger partial charge in [-0.3, -0.25) is 5.10 Å². The molecule has 1 fully saturated rings. The van der Waals surface area contributed by atoms with Crippen LogP contribution in [0.5, 0.6) is 0 Å². The number of nitrogens with one attached hydrogen (secondary N) is 2. The number of rotatable bonds is 4. The third-order valence-electron chi connectivity index (χ3n) is 5.00. The van der Waals surface area contributed by atoms with Crippen LogP contribution in [0.15, 0.2) is 36.2 Å². The summed E-state index contributed by atoms with van der Waals surface area (Å²) in [5.41, 5.74) is 6.63. The lowest BCUT2D eigenvalue weighted by molar-refractivity contribution is 0.616. The van der Waals surface area contributed by atoms with Gasteiger partial charge in [0.1, 0.15) is 5.69 Å². The van der Waals surface area contributed by atoms with Crippen molar-refractivity contribution in [2.75, 3.05) is 25.0 Å². The van der Waals surface area contributed by atoms with Gasteiger partial charge in [0.15, 0.2) is 0 Å². The molecule has 4 aromatic rings. The number of hydrogen-bond acceptors (Lipinski definition) is 8. The summed E-state index contributed by atoms with van der Waals surface area (Å²) in [5.74, 6) is 0.687. The third kappa shape index (κ3) is 2.84. The van der Waals surface area contributed by atoms with Crippen LogP contribution in [0.3, 0.4) is 0 Å². The number of anilines is 1. The fraction of sp³-hybridized carbons (Fsp3) is 0.278. The van der Waals surface area contributed by atoms with E-state index in [-0.39, 0.29) is 0 Å². The fourth-order valence-corrected chi connectivity index (χ4v) is 4.34. The van der Waals surface area contributed by atoms with E-state index in [1.807, 2.05) is 18.8 Å². The molecule has 8 nitrogen and oxygen atoms in total. The number of aromatic amines is 1. The topological polar surface area (TPSA) is 95.5 Å². The lowest BCUT2D eigenvalue weighted by atomic mass is 10.0. The Hall–Kier alpha value is -2.91. The standard InChI is InChI=1S/C18H18N8S/c1-19-12-4-5-26(9-12)18-20-8-15(24-25-18)14-3-2-13(11-6-22-23-7-11)16-17(14)27-10-21-16/h2-3,6-8,10,12,19H,4-5,9H2,1H3,(H,22,23). The number of fused-ring (bicyclic) bond motifs is 1. The van der Waals surface area contributed by atoms with E-state index < -0.39 is 0 Å². The van der Waals surface area contributed by atoms with Gasteiger partial charge in [0.2, 0.25) is 5.95 Å². The number of thiazole rings is 1. The second kappa shape index (κ2) is 6.67. The Balaban J connectivity index is 1.49. The second-order valence-electron chi connectivity index (χ2n) is 6.54. The fourth-order valence-electron chi connectivity index (χ4n) is 3.50. The van der Waals surface area contributed by atoms with Crippen molar-refractivity contribution in [3.63, 3.8) is 0 Å². The maximum atomic E-state index is 4.56. The van der Waals surface area contributed by atoms with Crippen LogP contribution < -0.4 is 10.2 Å². The van der Waals surface area contributed by atoms with Crippen molar-refractivity contribution in [3.8, 4) is 22.4 Å². The minimum absolute atomic E-state index is 0.487. The van der Waals surface area contributed by atoms with Gasteiger partial charge in [-0.25, -0.2) is 9.97 Å². The summed E-state index contributed by atoms with van der Waals surface area (Å²) in [7, 11) is 1.99. The van der Waals surface area contributed by atoms with Gasteiger partial charge in [-0.2, -0.15) is 5.10 Å². The first kappa shape index (κ1) is 16.3. The lowest BCUT2D eigenvalue weighted by Crippen LogP contribution is -2.30. The van der Waals surface area contributed by atoms with Crippen molar-refractivity contribution in [2.24, 2.45) is 0 Å². The quantitative estimate of drug-likeness (QED) is 0.563. The monoisotopic (exact) mass is 378 g/mol. The van der Waals surface area contributed by atoms with Gasteiger partial charge in [0.25, 0.3) is 0 Å². The molecule has 0 bridgehead atoms. The Morgan fingerprint density at radius 2 is 2.11 bits per heavy atom. The molecular formula is C18H18N8S. The average Bonchev–Trinajstić information content (AvgIpc) is 3.48. The van der Waals surface area contributed by atoms with E-state index in [2.05, 4.69) is 52.7 Å². The van der Waals surface area contributed by atoms with Crippen LogP contribution in [0.25, 0.3) is 32.6 Å². The first-order chi connectivity index (χ1) is 13.3. The molecule has 1 aliphatic rings. The van der Waals surface area contributed by atoms with Crippen molar-refractivity contribution in [3.05, 3.63) is 36.2 Å². The van der Waals surface area contributed by atoms with Gasteiger partial charge < -0.3 is 10.2 Å². The second-order valence-corrected chi connectivity index (χ2v) is 7.40. The first-order valence-electron chi connectivity index (χ1n) is 8.81. The van der Waals surface area contributed by atoms with Crippen molar-refractivity contribution < 1.29 is 0 Å². The first-order valence-corrected chi connectivity index (χ1v) is 9.69. The molecule has 1 aliphatic heterocycles. The molecule has 0 aliphatic carbocycles. The molecule has 4 heterocycles. The molecule has 136 valence electrons. The van der Waals surface area contributed by atoms with E-state index in [4.69, 9.17) is 0 Å². The minimum Gasteiger partial charge on any atom is -0.338 e. The Morgan fingerprint density at radius 1 is 1.19 bits per heavy atom. The van der Waals surface area contributed by atoms with Crippen LogP contribution >= 0.6 is 11.3 Å². The van der Waals surface area contributed by atoms with Crippen LogP contribution in [0.1, 0.15) is 6.42 Å². The Kier molecular flexibility index (Phi) is 4.02. The summed E-state index contributed by atoms with van der Waals surface area (Å²) in [6, 6.07) is 4.59. The predicted octanol–water partition coefficient (Wildman–Crippen LogP) is 2.34. The molecular weight excluding hydrogens is 360 g/mol. The van der Waals surface area contributed by atoms with Crippen LogP contribution in [0.4, 0.5) is 5.95 Å². The molecule has 3 aromatic heterocycles. The molecule has 0 spiro atoms. The molecule has 9 heteroatoms. The molecule has 1 saturated heterocycles. The van der Waals surface area contributed by atoms with E-state index in [0.717, 1.165) is 52.1 Å². The van der Waals surface area contributed by atoms with Crippen LogP contribution in [0, 0.1) is 0 Å². The van der Waals surface area contributed by atoms with E-state index in [9.17, 15) is 0 Å². The van der Waals surface area contributed by atoms with E-state index in [1.165, 1.54) is 0 Å². The van der Waals surface area contributed by atoms with Crippen LogP contribution in [-0.4, -0.2) is 56.5 Å². The Bertz CT molecular complexity index is 1060. The van der Waals surface area contributed by atoms with E-state index >= 15 is 0 Å². The summed E-state index contributed by atoms with van der Waals surface area (Å²) in [6.07, 6.45) is 6.58. The van der Waals surface area contributed by atoms with Crippen molar-refractivity contribution in [1.29, 1.82) is 0 Å². The molecule has 2 N–H and O–H groups in total. The zero-order chi connectivity index (χ0) is 18.2. The highest BCUT2D eigenvalue weighted by molar-refractivity contribution is 7.17. The molecule has 0 amide bonds. The zero-order valence-electron chi connectivity index (χ0n) is 14.8. The molecule has 0 saturated carbocycles. The summed E-state index contributed by atoms with van der Waals surface area (Å²) in [6.45, 7) is 1.86. The molecule has 1 aromatic carbocycles. The maximum absolute atomic E-state index is 4.56. The number of likely N-dealkylation sites (N-methyl/N-ethyl adjacent to an activating group) is 1. The number of nitrogens with zero attached hydrogens (tertiary/aromatic N) is 6. The van der Waals surface area contributed by atoms with Gasteiger partial charge in [0, 0.05) is 42.0 Å². The molecule has 5 rings (SSSR count). The number of hydrogen-bond donors (Lipinski definition) is 2. The van der Waals surface area contributed by atoms with Crippen molar-refractivity contribution in [2.45, 2.75) is 12.5 Å². The van der Waals surface area contributed by atoms with Gasteiger partial charge in [-0.15, -0.1) is 21.5 Å². The number of aromatic nitrogens is 6. The normalized spacial score (nSPS) is 17.1. The van der Waals surface area contributed by atoms with E-state index in [0.29, 0.717) is 12.0 Å². The van der Waals surface area contributed by atoms with Gasteiger partial charge in [0.05, 0.1) is 28.1 Å². The van der Waals surface area contributed by atoms with Crippen molar-refractivity contribution >= 4 is 27.5 Å². The van der Waals surface area contributed by atoms with Gasteiger partial charge in [-0.1, -0.05) is 12.1 Å². The summed E-state index contributed by atoms with van der Waals surface area (Å²) < 4.78 is 1.08. The smallest absolute Gasteiger partial charge is 0.245 e. The maximum Gasteiger partial charge on any atom is 0.245 e. The van der Waals surface area contributed by atoms with E-state index in [1.54, 1.807) is 23.7 Å². The summed E-state index contributed by atoms with van der Waals surface area (Å²) >= 11 is 1.60. The summed E-state index contributed by atoms with van der Waals surface area (Å²) in [5, 5.41) is 19.0. The molecule has 0 radical (unpaired) electrons. The van der Waals surface area contributed by atoms with Crippen molar-refractivity contribution in [1.82, 2.24) is 35.7 Å². The molecule has 1 atom stereocenters. The number of benzene rings is 1. The van der Waals surface area contributed by atoms with Crippen LogP contribution in [-0.2, 0) is 0 Å². The molecule has 27 heavy (non-hydrogen) atoms. The zero-order valence-corrected chi connectivity index (χ0v) is 15.6. The Labute approximate surface area is 159 Å². The predicted molar refractivity (Wildman–Crippen MR) is 106 cm³/mol. The highest BCUT2D eigenvalue weighted by Crippen LogP contribution is 2.36. The minimum atomic E-state index is 0.487. The SMILES string of the molecule is CNC1CCN(c2ncc(-c3ccc(-c4cn[nH]c4)c4ncsc34)nn2)C1. The van der Waals surface area contributed by atoms with Gasteiger partial charge >= 0.3 is 0 Å². The summed E-state index contributed by atoms with van der Waals surface area (Å²) in [4.78, 5) is 11.3. The highest BCUT2D eigenvalue weighted by Gasteiger charge is 2.23. The van der Waals surface area contributed by atoms with Crippen LogP contribution in [0.2, 0.25) is 0 Å². The number of H-pyrrole nitrogens is 1. The lowest BCUT2D eigenvalue weighted by Gasteiger charge is -2.15. The Morgan fingerprint density at radius 3 is 2.85 bits per heavy atom. The molecule has 1 unspecified atom stereocenters. The highest BCUT2D eigenvalue weighted by atomic mass is 32.1. The third-order valence-corrected chi connectivity index (χ3v) is 5.86. The van der Waals surface area contributed by atoms with Gasteiger partial charge in [-0.05, 0) is 13.5 Å². The largest absolute Gasteiger partial charge is 0.338 e.